The van der Waals surface area contributed by atoms with Crippen LogP contribution in [0.25, 0.3) is 0 Å². The maximum absolute atomic E-state index is 10.4. The minimum absolute atomic E-state index is 0. The van der Waals surface area contributed by atoms with E-state index >= 15 is 0 Å². The van der Waals surface area contributed by atoms with Gasteiger partial charge in [0.1, 0.15) is 23.0 Å². The summed E-state index contributed by atoms with van der Waals surface area (Å²) in [7, 11) is 0. The molecule has 0 aliphatic rings. The molecule has 13 heteroatoms. The molecule has 2 rings (SSSR count). The fraction of sp³-hybridized carbons (Fsp3) is 0. The van der Waals surface area contributed by atoms with Crippen molar-refractivity contribution in [3.8, 4) is 11.5 Å². The van der Waals surface area contributed by atoms with Crippen molar-refractivity contribution >= 4 is 29.1 Å². The molecule has 0 aliphatic carbocycles. The number of carboxylic acid groups (broad SMARTS) is 2. The van der Waals surface area contributed by atoms with E-state index in [1.807, 2.05) is 0 Å². The third-order valence-electron chi connectivity index (χ3n) is 2.89. The Hall–Kier alpha value is -0.617. The number of hydrogen-bond donors (Lipinski definition) is 8. The van der Waals surface area contributed by atoms with Crippen LogP contribution in [0.5, 0.6) is 11.5 Å². The molecule has 0 bridgehead atoms. The van der Waals surface area contributed by atoms with Gasteiger partial charge in [0.25, 0.3) is 0 Å². The fourth-order valence-corrected chi connectivity index (χ4v) is 1.54. The summed E-state index contributed by atoms with van der Waals surface area (Å²) in [6.07, 6.45) is 1.54. The summed E-state index contributed by atoms with van der Waals surface area (Å²) in [5.74, 6) is 0.831. The average molecular weight is 419 g/mol. The first-order valence-electron chi connectivity index (χ1n) is 6.19. The first-order valence-corrected chi connectivity index (χ1v) is 6.19. The summed E-state index contributed by atoms with van der Waals surface area (Å²) in [6.45, 7) is 0. The van der Waals surface area contributed by atoms with Crippen LogP contribution >= 0.6 is 0 Å². The predicted molar refractivity (Wildman–Crippen MR) is 85.9 cm³/mol. The Morgan fingerprint density at radius 3 is 1.58 bits per heavy atom. The molecular formula is C13H18K2N5O6+. The van der Waals surface area contributed by atoms with Crippen molar-refractivity contribution in [1.82, 2.24) is 0 Å². The zero-order valence-electron chi connectivity index (χ0n) is 16.2. The minimum Gasteiger partial charge on any atom is -1.00 e. The summed E-state index contributed by atoms with van der Waals surface area (Å²) in [6, 6.07) is 3.40. The number of nitrogens with zero attached hydrogens (tertiary/aromatic N) is 1. The molecule has 132 valence electrons. The number of nitrogen functional groups attached to an aromatic ring is 4. The van der Waals surface area contributed by atoms with Crippen molar-refractivity contribution in [1.29, 1.82) is 0 Å². The van der Waals surface area contributed by atoms with Crippen LogP contribution in [0.15, 0.2) is 24.4 Å². The number of aromatic nitrogens is 1. The second-order valence-electron chi connectivity index (χ2n) is 4.45. The van der Waals surface area contributed by atoms with Crippen LogP contribution in [-0.2, 0) is 0 Å². The van der Waals surface area contributed by atoms with Crippen LogP contribution in [0, 0.1) is 0 Å². The molecule has 0 amide bonds. The molecule has 0 fully saturated rings. The third-order valence-corrected chi connectivity index (χ3v) is 2.89. The number of phenols is 2. The Morgan fingerprint density at radius 2 is 1.27 bits per heavy atom. The van der Waals surface area contributed by atoms with Gasteiger partial charge in [-0.05, 0) is 12.1 Å². The number of hydrogen-bond acceptors (Lipinski definition) is 8. The molecule has 1 heterocycles. The van der Waals surface area contributed by atoms with Crippen LogP contribution in [0.1, 0.15) is 23.6 Å². The predicted octanol–water partition coefficient (Wildman–Crippen LogP) is -6.84. The van der Waals surface area contributed by atoms with Crippen molar-refractivity contribution in [2.75, 3.05) is 23.0 Å². The van der Waals surface area contributed by atoms with Gasteiger partial charge in [0.15, 0.2) is 11.5 Å². The molecule has 0 aliphatic heterocycles. The first-order chi connectivity index (χ1) is 11.1. The second-order valence-corrected chi connectivity index (χ2v) is 4.45. The van der Waals surface area contributed by atoms with Crippen LogP contribution in [0.4, 0.5) is 17.2 Å². The van der Waals surface area contributed by atoms with Gasteiger partial charge in [-0.2, -0.15) is 0 Å². The number of benzene rings is 1. The largest absolute Gasteiger partial charge is 1.00 e. The fourth-order valence-electron chi connectivity index (χ4n) is 1.54. The summed E-state index contributed by atoms with van der Waals surface area (Å²) in [4.78, 5) is 20.9. The van der Waals surface area contributed by atoms with E-state index in [9.17, 15) is 9.59 Å². The van der Waals surface area contributed by atoms with E-state index in [2.05, 4.69) is 0 Å². The van der Waals surface area contributed by atoms with Crippen molar-refractivity contribution in [3.05, 3.63) is 35.5 Å². The van der Waals surface area contributed by atoms with Crippen molar-refractivity contribution in [2.45, 2.75) is 0 Å². The molecule has 12 N–H and O–H groups in total. The quantitative estimate of drug-likeness (QED) is 0.0995. The smallest absolute Gasteiger partial charge is 1.00 e. The van der Waals surface area contributed by atoms with Crippen molar-refractivity contribution in [3.63, 3.8) is 0 Å². The molecule has 0 saturated heterocycles. The third kappa shape index (κ3) is 6.84. The maximum Gasteiger partial charge on any atom is 1.00 e. The average Bonchev–Trinajstić information content (AvgIpc) is 2.51. The Balaban J connectivity index is -0.000000187. The standard InChI is InChI=1S/C8H6O6.C5H9N5.2K.2H/c9-5-3(7(11)12)1-2-4(6(5)10)8(13)14;6-3-1-2-10(9)5(8)4(3)7;;;;/h1-2,9-10H,(H,11,12)(H,13,14);1-2H,7,9H2,(H3,6,8);;;;/q;;2*+1;2*-1/p+1. The van der Waals surface area contributed by atoms with Crippen LogP contribution < -0.4 is 130 Å². The molecule has 0 unspecified atom stereocenters. The Labute approximate surface area is 235 Å². The molecule has 0 radical (unpaired) electrons. The van der Waals surface area contributed by atoms with Gasteiger partial charge in [-0.1, -0.05) is 0 Å². The SMILES string of the molecule is Nc1cc[n+](N)c(N)c1N.O=C(O)c1ccc(C(=O)O)c(O)c1O.[H-].[H-].[K+].[K+]. The van der Waals surface area contributed by atoms with Gasteiger partial charge in [0.05, 0.1) is 5.69 Å². The molecule has 1 aromatic carbocycles. The molecule has 26 heavy (non-hydrogen) atoms. The van der Waals surface area contributed by atoms with E-state index in [0.29, 0.717) is 11.4 Å². The van der Waals surface area contributed by atoms with Gasteiger partial charge in [-0.25, -0.2) is 9.59 Å². The Kier molecular flexibility index (Phi) is 12.7. The van der Waals surface area contributed by atoms with Crippen molar-refractivity contribution in [2.24, 2.45) is 0 Å². The normalized spacial score (nSPS) is 8.92. The molecule has 1 aromatic heterocycles. The number of rotatable bonds is 2. The van der Waals surface area contributed by atoms with Gasteiger partial charge in [-0.3, -0.25) is 11.6 Å². The van der Waals surface area contributed by atoms with Gasteiger partial charge in [-0.15, -0.1) is 4.68 Å². The van der Waals surface area contributed by atoms with Crippen molar-refractivity contribution < 1.29 is 140 Å². The van der Waals surface area contributed by atoms with Gasteiger partial charge in [0, 0.05) is 6.07 Å². The van der Waals surface area contributed by atoms with E-state index in [4.69, 9.17) is 43.5 Å². The Morgan fingerprint density at radius 1 is 0.885 bits per heavy atom. The van der Waals surface area contributed by atoms with E-state index in [1.165, 1.54) is 4.68 Å². The minimum atomic E-state index is -1.45. The van der Waals surface area contributed by atoms with E-state index in [-0.39, 0.29) is 111 Å². The van der Waals surface area contributed by atoms with Gasteiger partial charge in [0.2, 0.25) is 0 Å². The van der Waals surface area contributed by atoms with E-state index < -0.39 is 34.6 Å². The maximum atomic E-state index is 10.4. The first kappa shape index (κ1) is 27.6. The summed E-state index contributed by atoms with van der Waals surface area (Å²) in [5.41, 5.74) is 15.9. The summed E-state index contributed by atoms with van der Waals surface area (Å²) >= 11 is 0. The topological polar surface area (TPSA) is 223 Å². The van der Waals surface area contributed by atoms with Crippen LogP contribution in [0.3, 0.4) is 0 Å². The number of pyridine rings is 1. The number of carboxylic acids is 2. The van der Waals surface area contributed by atoms with E-state index in [0.717, 1.165) is 12.1 Å². The second kappa shape index (κ2) is 12.0. The summed E-state index contributed by atoms with van der Waals surface area (Å²) in [5, 5.41) is 35.2. The Bertz CT molecular complexity index is 762. The molecular weight excluding hydrogens is 400 g/mol. The zero-order valence-corrected chi connectivity index (χ0v) is 20.4. The molecule has 0 atom stereocenters. The number of aromatic hydroxyl groups is 2. The molecule has 0 spiro atoms. The monoisotopic (exact) mass is 418 g/mol. The molecule has 11 nitrogen and oxygen atoms in total. The molecule has 0 saturated carbocycles. The van der Waals surface area contributed by atoms with E-state index in [1.54, 1.807) is 12.3 Å². The number of carbonyl (C=O) groups is 2. The molecule has 2 aromatic rings. The zero-order chi connectivity index (χ0) is 18.6. The van der Waals surface area contributed by atoms with Crippen LogP contribution in [-0.4, -0.2) is 32.4 Å². The van der Waals surface area contributed by atoms with Gasteiger partial charge >= 0.3 is 121 Å². The summed E-state index contributed by atoms with van der Waals surface area (Å²) < 4.78 is 1.21. The number of aromatic carboxylic acids is 2. The number of anilines is 3. The number of nitrogens with two attached hydrogens (primary N) is 4. The van der Waals surface area contributed by atoms with Gasteiger partial charge < -0.3 is 34.7 Å². The van der Waals surface area contributed by atoms with Crippen LogP contribution in [0.2, 0.25) is 0 Å².